The summed E-state index contributed by atoms with van der Waals surface area (Å²) in [4.78, 5) is 0. The highest BCUT2D eigenvalue weighted by atomic mass is 15.0. The summed E-state index contributed by atoms with van der Waals surface area (Å²) >= 11 is 0. The van der Waals surface area contributed by atoms with Gasteiger partial charge in [0.25, 0.3) is 0 Å². The quantitative estimate of drug-likeness (QED) is 0.809. The van der Waals surface area contributed by atoms with Crippen LogP contribution in [0.1, 0.15) is 51.6 Å². The van der Waals surface area contributed by atoms with Crippen molar-refractivity contribution < 1.29 is 0 Å². The molecular formula is C15H23N. The average Bonchev–Trinajstić information content (AvgIpc) is 2.59. The molecule has 0 amide bonds. The topological polar surface area (TPSA) is 12.0 Å². The fourth-order valence-corrected chi connectivity index (χ4v) is 2.78. The van der Waals surface area contributed by atoms with Crippen LogP contribution < -0.4 is 5.32 Å². The maximum absolute atomic E-state index is 3.79. The smallest absolute Gasteiger partial charge is 0.0294 e. The van der Waals surface area contributed by atoms with E-state index < -0.39 is 0 Å². The molecule has 1 aliphatic rings. The number of nitrogens with one attached hydrogen (secondary N) is 1. The summed E-state index contributed by atoms with van der Waals surface area (Å²) in [5.74, 6) is 0. The van der Waals surface area contributed by atoms with Crippen LogP contribution in [0.4, 0.5) is 0 Å². The zero-order valence-corrected chi connectivity index (χ0v) is 10.7. The van der Waals surface area contributed by atoms with Crippen LogP contribution in [-0.4, -0.2) is 6.04 Å². The van der Waals surface area contributed by atoms with Crippen molar-refractivity contribution in [1.82, 2.24) is 5.32 Å². The van der Waals surface area contributed by atoms with Crippen molar-refractivity contribution >= 4 is 0 Å². The second-order valence-corrected chi connectivity index (χ2v) is 5.73. The van der Waals surface area contributed by atoms with E-state index in [1.165, 1.54) is 24.8 Å². The molecule has 88 valence electrons. The predicted octanol–water partition coefficient (Wildman–Crippen LogP) is 3.92. The second kappa shape index (κ2) is 4.58. The molecule has 0 heterocycles. The lowest BCUT2D eigenvalue weighted by molar-refractivity contribution is 0.266. The SMILES string of the molecule is CC(NC1CCCC1(C)C)c1ccccc1. The van der Waals surface area contributed by atoms with E-state index in [9.17, 15) is 0 Å². The highest BCUT2D eigenvalue weighted by molar-refractivity contribution is 5.18. The van der Waals surface area contributed by atoms with E-state index in [1.807, 2.05) is 0 Å². The van der Waals surface area contributed by atoms with E-state index >= 15 is 0 Å². The van der Waals surface area contributed by atoms with Crippen LogP contribution in [0.2, 0.25) is 0 Å². The lowest BCUT2D eigenvalue weighted by Gasteiger charge is -2.31. The summed E-state index contributed by atoms with van der Waals surface area (Å²) in [6.45, 7) is 7.04. The minimum Gasteiger partial charge on any atom is -0.307 e. The van der Waals surface area contributed by atoms with Gasteiger partial charge in [-0.25, -0.2) is 0 Å². The van der Waals surface area contributed by atoms with E-state index in [0.29, 0.717) is 17.5 Å². The highest BCUT2D eigenvalue weighted by Gasteiger charge is 2.34. The van der Waals surface area contributed by atoms with Gasteiger partial charge in [0.15, 0.2) is 0 Å². The zero-order chi connectivity index (χ0) is 11.6. The standard InChI is InChI=1S/C15H23N/c1-12(13-8-5-4-6-9-13)16-14-10-7-11-15(14,2)3/h4-6,8-9,12,14,16H,7,10-11H2,1-3H3. The summed E-state index contributed by atoms with van der Waals surface area (Å²) in [5, 5.41) is 3.79. The molecule has 1 aromatic carbocycles. The molecule has 2 rings (SSSR count). The molecule has 0 aromatic heterocycles. The van der Waals surface area contributed by atoms with Crippen LogP contribution >= 0.6 is 0 Å². The molecule has 1 heteroatoms. The lowest BCUT2D eigenvalue weighted by Crippen LogP contribution is -2.39. The van der Waals surface area contributed by atoms with Crippen LogP contribution in [0.25, 0.3) is 0 Å². The van der Waals surface area contributed by atoms with Gasteiger partial charge in [-0.1, -0.05) is 50.6 Å². The van der Waals surface area contributed by atoms with Crippen molar-refractivity contribution in [1.29, 1.82) is 0 Å². The Bertz CT molecular complexity index is 329. The molecule has 1 N–H and O–H groups in total. The second-order valence-electron chi connectivity index (χ2n) is 5.73. The largest absolute Gasteiger partial charge is 0.307 e. The first kappa shape index (κ1) is 11.7. The molecule has 16 heavy (non-hydrogen) atoms. The van der Waals surface area contributed by atoms with Gasteiger partial charge in [0, 0.05) is 12.1 Å². The monoisotopic (exact) mass is 217 g/mol. The molecule has 0 bridgehead atoms. The lowest BCUT2D eigenvalue weighted by atomic mass is 9.86. The van der Waals surface area contributed by atoms with Crippen molar-refractivity contribution in [3.8, 4) is 0 Å². The number of benzene rings is 1. The van der Waals surface area contributed by atoms with Crippen molar-refractivity contribution in [2.45, 2.75) is 52.1 Å². The van der Waals surface area contributed by atoms with E-state index in [4.69, 9.17) is 0 Å². The molecule has 0 spiro atoms. The van der Waals surface area contributed by atoms with Crippen molar-refractivity contribution in [3.05, 3.63) is 35.9 Å². The van der Waals surface area contributed by atoms with Crippen LogP contribution in [-0.2, 0) is 0 Å². The Morgan fingerprint density at radius 3 is 2.50 bits per heavy atom. The van der Waals surface area contributed by atoms with Crippen molar-refractivity contribution in [2.75, 3.05) is 0 Å². The minimum atomic E-state index is 0.461. The van der Waals surface area contributed by atoms with Gasteiger partial charge in [0.05, 0.1) is 0 Å². The van der Waals surface area contributed by atoms with Crippen LogP contribution in [0, 0.1) is 5.41 Å². The van der Waals surface area contributed by atoms with E-state index in [0.717, 1.165) is 0 Å². The summed E-state index contributed by atoms with van der Waals surface area (Å²) in [6, 6.07) is 11.9. The first-order chi connectivity index (χ1) is 7.59. The molecule has 0 saturated heterocycles. The zero-order valence-electron chi connectivity index (χ0n) is 10.7. The van der Waals surface area contributed by atoms with Crippen LogP contribution in [0.15, 0.2) is 30.3 Å². The Morgan fingerprint density at radius 2 is 1.94 bits per heavy atom. The molecule has 0 radical (unpaired) electrons. The molecular weight excluding hydrogens is 194 g/mol. The molecule has 1 saturated carbocycles. The van der Waals surface area contributed by atoms with Crippen LogP contribution in [0.3, 0.4) is 0 Å². The Morgan fingerprint density at radius 1 is 1.25 bits per heavy atom. The normalized spacial score (nSPS) is 25.6. The van der Waals surface area contributed by atoms with Crippen molar-refractivity contribution in [2.24, 2.45) is 5.41 Å². The number of rotatable bonds is 3. The van der Waals surface area contributed by atoms with Gasteiger partial charge >= 0.3 is 0 Å². The van der Waals surface area contributed by atoms with Gasteiger partial charge in [0.1, 0.15) is 0 Å². The van der Waals surface area contributed by atoms with Crippen LogP contribution in [0.5, 0.6) is 0 Å². The molecule has 1 aromatic rings. The number of hydrogen-bond acceptors (Lipinski definition) is 1. The molecule has 1 aliphatic carbocycles. The highest BCUT2D eigenvalue weighted by Crippen LogP contribution is 2.38. The summed E-state index contributed by atoms with van der Waals surface area (Å²) in [5.41, 5.74) is 1.86. The fraction of sp³-hybridized carbons (Fsp3) is 0.600. The van der Waals surface area contributed by atoms with Gasteiger partial charge in [-0.3, -0.25) is 0 Å². The molecule has 1 nitrogen and oxygen atoms in total. The Hall–Kier alpha value is -0.820. The molecule has 0 aliphatic heterocycles. The van der Waals surface area contributed by atoms with Gasteiger partial charge in [-0.2, -0.15) is 0 Å². The summed E-state index contributed by atoms with van der Waals surface area (Å²) < 4.78 is 0. The molecule has 2 atom stereocenters. The van der Waals surface area contributed by atoms with Gasteiger partial charge in [-0.15, -0.1) is 0 Å². The Balaban J connectivity index is 2.00. The first-order valence-electron chi connectivity index (χ1n) is 6.40. The van der Waals surface area contributed by atoms with Gasteiger partial charge in [0.2, 0.25) is 0 Å². The third-order valence-electron chi connectivity index (χ3n) is 4.01. The first-order valence-corrected chi connectivity index (χ1v) is 6.40. The van der Waals surface area contributed by atoms with E-state index in [2.05, 4.69) is 56.4 Å². The average molecular weight is 217 g/mol. The summed E-state index contributed by atoms with van der Waals surface area (Å²) in [7, 11) is 0. The summed E-state index contributed by atoms with van der Waals surface area (Å²) in [6.07, 6.45) is 4.04. The Labute approximate surface area is 99.3 Å². The number of hydrogen-bond donors (Lipinski definition) is 1. The predicted molar refractivity (Wildman–Crippen MR) is 69.4 cm³/mol. The van der Waals surface area contributed by atoms with Gasteiger partial charge < -0.3 is 5.32 Å². The maximum atomic E-state index is 3.79. The molecule has 1 fully saturated rings. The molecule has 2 unspecified atom stereocenters. The van der Waals surface area contributed by atoms with Crippen molar-refractivity contribution in [3.63, 3.8) is 0 Å². The fourth-order valence-electron chi connectivity index (χ4n) is 2.78. The third kappa shape index (κ3) is 2.46. The minimum absolute atomic E-state index is 0.461. The van der Waals surface area contributed by atoms with E-state index in [1.54, 1.807) is 0 Å². The maximum Gasteiger partial charge on any atom is 0.0294 e. The van der Waals surface area contributed by atoms with Gasteiger partial charge in [-0.05, 0) is 30.7 Å². The Kier molecular flexibility index (Phi) is 3.34. The van der Waals surface area contributed by atoms with E-state index in [-0.39, 0.29) is 0 Å². The third-order valence-corrected chi connectivity index (χ3v) is 4.01.